The van der Waals surface area contributed by atoms with Crippen molar-refractivity contribution in [1.82, 2.24) is 0 Å². The lowest BCUT2D eigenvalue weighted by molar-refractivity contribution is -0.126. The Morgan fingerprint density at radius 1 is 1.33 bits per heavy atom. The molecule has 0 bridgehead atoms. The zero-order valence-electron chi connectivity index (χ0n) is 9.58. The Morgan fingerprint density at radius 2 is 2.00 bits per heavy atom. The van der Waals surface area contributed by atoms with Gasteiger partial charge in [-0.05, 0) is 24.1 Å². The van der Waals surface area contributed by atoms with Gasteiger partial charge in [0.1, 0.15) is 11.5 Å². The first-order valence-electron chi connectivity index (χ1n) is 5.21. The number of carbonyl (C=O) groups excluding carboxylic acids is 1. The van der Waals surface area contributed by atoms with Crippen molar-refractivity contribution >= 4 is 5.78 Å². The third-order valence-electron chi connectivity index (χ3n) is 2.39. The fraction of sp³-hybridized carbons (Fsp3) is 0.462. The standard InChI is InChI=1S/C13H18O2/c1-13(2,3)12(15)8-7-10-5-4-6-11(14)9-10/h4-6,9,14H,7-8H2,1-3H3. The number of phenols is 1. The minimum Gasteiger partial charge on any atom is -0.508 e. The Bertz CT molecular complexity index is 348. The summed E-state index contributed by atoms with van der Waals surface area (Å²) in [6, 6.07) is 7.06. The molecule has 0 aliphatic carbocycles. The van der Waals surface area contributed by atoms with E-state index in [4.69, 9.17) is 0 Å². The number of hydrogen-bond donors (Lipinski definition) is 1. The molecule has 1 aromatic carbocycles. The second-order valence-corrected chi connectivity index (χ2v) is 4.84. The third kappa shape index (κ3) is 3.74. The predicted molar refractivity (Wildman–Crippen MR) is 60.9 cm³/mol. The molecular weight excluding hydrogens is 188 g/mol. The number of phenolic OH excluding ortho intramolecular Hbond substituents is 1. The van der Waals surface area contributed by atoms with Crippen molar-refractivity contribution in [2.75, 3.05) is 0 Å². The Balaban J connectivity index is 2.55. The van der Waals surface area contributed by atoms with Crippen molar-refractivity contribution in [3.63, 3.8) is 0 Å². The molecule has 0 radical (unpaired) electrons. The highest BCUT2D eigenvalue weighted by Gasteiger charge is 2.20. The number of ketones is 1. The minimum atomic E-state index is -0.267. The quantitative estimate of drug-likeness (QED) is 0.825. The molecule has 15 heavy (non-hydrogen) atoms. The smallest absolute Gasteiger partial charge is 0.138 e. The largest absolute Gasteiger partial charge is 0.508 e. The fourth-order valence-corrected chi connectivity index (χ4v) is 1.34. The van der Waals surface area contributed by atoms with Gasteiger partial charge in [-0.15, -0.1) is 0 Å². The Labute approximate surface area is 90.9 Å². The molecule has 0 atom stereocenters. The number of benzene rings is 1. The molecule has 82 valence electrons. The van der Waals surface area contributed by atoms with Crippen molar-refractivity contribution in [2.24, 2.45) is 5.41 Å². The number of carbonyl (C=O) groups is 1. The van der Waals surface area contributed by atoms with E-state index in [1.165, 1.54) is 0 Å². The van der Waals surface area contributed by atoms with E-state index in [0.717, 1.165) is 5.56 Å². The number of rotatable bonds is 3. The van der Waals surface area contributed by atoms with Crippen LogP contribution in [-0.2, 0) is 11.2 Å². The van der Waals surface area contributed by atoms with Crippen LogP contribution in [0.25, 0.3) is 0 Å². The van der Waals surface area contributed by atoms with Gasteiger partial charge in [0.2, 0.25) is 0 Å². The lowest BCUT2D eigenvalue weighted by atomic mass is 9.87. The summed E-state index contributed by atoms with van der Waals surface area (Å²) in [6.45, 7) is 5.79. The molecule has 0 saturated carbocycles. The summed E-state index contributed by atoms with van der Waals surface area (Å²) in [7, 11) is 0. The summed E-state index contributed by atoms with van der Waals surface area (Å²) in [5.41, 5.74) is 0.740. The molecule has 0 aliphatic rings. The zero-order valence-corrected chi connectivity index (χ0v) is 9.58. The van der Waals surface area contributed by atoms with E-state index in [9.17, 15) is 9.90 Å². The summed E-state index contributed by atoms with van der Waals surface area (Å²) in [5, 5.41) is 9.25. The SMILES string of the molecule is CC(C)(C)C(=O)CCc1cccc(O)c1. The van der Waals surface area contributed by atoms with E-state index in [2.05, 4.69) is 0 Å². The van der Waals surface area contributed by atoms with Gasteiger partial charge in [0.25, 0.3) is 0 Å². The molecule has 2 heteroatoms. The average molecular weight is 206 g/mol. The van der Waals surface area contributed by atoms with Crippen LogP contribution in [0.2, 0.25) is 0 Å². The Kier molecular flexibility index (Phi) is 3.51. The molecule has 0 aromatic heterocycles. The van der Waals surface area contributed by atoms with Crippen LogP contribution >= 0.6 is 0 Å². The van der Waals surface area contributed by atoms with Crippen molar-refractivity contribution in [1.29, 1.82) is 0 Å². The van der Waals surface area contributed by atoms with E-state index in [0.29, 0.717) is 12.8 Å². The highest BCUT2D eigenvalue weighted by Crippen LogP contribution is 2.19. The molecule has 0 spiro atoms. The summed E-state index contributed by atoms with van der Waals surface area (Å²) >= 11 is 0. The summed E-state index contributed by atoms with van der Waals surface area (Å²) in [4.78, 5) is 11.7. The van der Waals surface area contributed by atoms with E-state index < -0.39 is 0 Å². The topological polar surface area (TPSA) is 37.3 Å². The molecule has 0 heterocycles. The highest BCUT2D eigenvalue weighted by molar-refractivity contribution is 5.83. The molecule has 1 aromatic rings. The maximum absolute atomic E-state index is 11.7. The van der Waals surface area contributed by atoms with Gasteiger partial charge in [-0.25, -0.2) is 0 Å². The number of hydrogen-bond acceptors (Lipinski definition) is 2. The first-order chi connectivity index (χ1) is 6.89. The molecule has 1 N–H and O–H groups in total. The molecule has 0 fully saturated rings. The minimum absolute atomic E-state index is 0.255. The number of aryl methyl sites for hydroxylation is 1. The first kappa shape index (κ1) is 11.8. The van der Waals surface area contributed by atoms with Crippen LogP contribution < -0.4 is 0 Å². The van der Waals surface area contributed by atoms with Crippen molar-refractivity contribution in [3.05, 3.63) is 29.8 Å². The second-order valence-electron chi connectivity index (χ2n) is 4.84. The van der Waals surface area contributed by atoms with Crippen molar-refractivity contribution in [2.45, 2.75) is 33.6 Å². The molecular formula is C13H18O2. The lowest BCUT2D eigenvalue weighted by Crippen LogP contribution is -2.20. The van der Waals surface area contributed by atoms with Crippen LogP contribution in [0.3, 0.4) is 0 Å². The first-order valence-corrected chi connectivity index (χ1v) is 5.21. The predicted octanol–water partition coefficient (Wildman–Crippen LogP) is 2.94. The van der Waals surface area contributed by atoms with Crippen LogP contribution in [0.1, 0.15) is 32.8 Å². The fourth-order valence-electron chi connectivity index (χ4n) is 1.34. The van der Waals surface area contributed by atoms with Gasteiger partial charge in [-0.1, -0.05) is 32.9 Å². The van der Waals surface area contributed by atoms with Gasteiger partial charge >= 0.3 is 0 Å². The van der Waals surface area contributed by atoms with E-state index in [1.807, 2.05) is 26.8 Å². The molecule has 0 amide bonds. The molecule has 2 nitrogen and oxygen atoms in total. The summed E-state index contributed by atoms with van der Waals surface area (Å²) in [6.07, 6.45) is 1.23. The van der Waals surface area contributed by atoms with Crippen LogP contribution in [0.5, 0.6) is 5.75 Å². The average Bonchev–Trinajstić information content (AvgIpc) is 2.12. The highest BCUT2D eigenvalue weighted by atomic mass is 16.3. The number of aromatic hydroxyl groups is 1. The van der Waals surface area contributed by atoms with Crippen LogP contribution in [0.15, 0.2) is 24.3 Å². The third-order valence-corrected chi connectivity index (χ3v) is 2.39. The monoisotopic (exact) mass is 206 g/mol. The van der Waals surface area contributed by atoms with Gasteiger partial charge in [0, 0.05) is 11.8 Å². The van der Waals surface area contributed by atoms with Gasteiger partial charge in [-0.3, -0.25) is 4.79 Å². The molecule has 0 saturated heterocycles. The molecule has 1 rings (SSSR count). The van der Waals surface area contributed by atoms with Crippen LogP contribution in [0.4, 0.5) is 0 Å². The Hall–Kier alpha value is -1.31. The van der Waals surface area contributed by atoms with E-state index in [1.54, 1.807) is 18.2 Å². The molecule has 0 unspecified atom stereocenters. The Morgan fingerprint density at radius 3 is 2.53 bits per heavy atom. The van der Waals surface area contributed by atoms with Crippen LogP contribution in [-0.4, -0.2) is 10.9 Å². The van der Waals surface area contributed by atoms with Crippen molar-refractivity contribution in [3.8, 4) is 5.75 Å². The van der Waals surface area contributed by atoms with Crippen molar-refractivity contribution < 1.29 is 9.90 Å². The molecule has 0 aliphatic heterocycles. The van der Waals surface area contributed by atoms with E-state index in [-0.39, 0.29) is 16.9 Å². The summed E-state index contributed by atoms with van der Waals surface area (Å²) < 4.78 is 0. The van der Waals surface area contributed by atoms with Gasteiger partial charge < -0.3 is 5.11 Å². The van der Waals surface area contributed by atoms with Gasteiger partial charge in [0.15, 0.2) is 0 Å². The van der Waals surface area contributed by atoms with Crippen LogP contribution in [0, 0.1) is 5.41 Å². The zero-order chi connectivity index (χ0) is 11.5. The summed E-state index contributed by atoms with van der Waals surface area (Å²) in [5.74, 6) is 0.515. The van der Waals surface area contributed by atoms with Gasteiger partial charge in [0.05, 0.1) is 0 Å². The number of Topliss-reactive ketones (excluding diaryl/α,β-unsaturated/α-hetero) is 1. The van der Waals surface area contributed by atoms with Gasteiger partial charge in [-0.2, -0.15) is 0 Å². The maximum Gasteiger partial charge on any atom is 0.138 e. The lowest BCUT2D eigenvalue weighted by Gasteiger charge is -2.16. The van der Waals surface area contributed by atoms with E-state index >= 15 is 0 Å². The second kappa shape index (κ2) is 4.47. The normalized spacial score (nSPS) is 11.4. The maximum atomic E-state index is 11.7.